The van der Waals surface area contributed by atoms with E-state index in [1.165, 1.54) is 17.1 Å². The van der Waals surface area contributed by atoms with E-state index in [1.807, 2.05) is 0 Å². The molecule has 0 radical (unpaired) electrons. The number of carbonyl (C=O) groups excluding carboxylic acids is 1. The summed E-state index contributed by atoms with van der Waals surface area (Å²) in [5.74, 6) is -0.865. The maximum atomic E-state index is 12.4. The maximum absolute atomic E-state index is 12.4. The zero-order valence-corrected chi connectivity index (χ0v) is 14.0. The first-order valence-electron chi connectivity index (χ1n) is 6.49. The molecule has 24 heavy (non-hydrogen) atoms. The predicted octanol–water partition coefficient (Wildman–Crippen LogP) is 1.61. The number of sulfonamides is 1. The fraction of sp³-hybridized carbons (Fsp3) is 0.333. The van der Waals surface area contributed by atoms with Gasteiger partial charge in [0.25, 0.3) is 15.9 Å². The topological polar surface area (TPSA) is 98.3 Å². The summed E-state index contributed by atoms with van der Waals surface area (Å²) >= 11 is 0.703. The Morgan fingerprint density at radius 2 is 2.12 bits per heavy atom. The lowest BCUT2D eigenvalue weighted by Gasteiger charge is -2.16. The summed E-state index contributed by atoms with van der Waals surface area (Å²) in [7, 11) is -3.14. The molecule has 0 saturated heterocycles. The molecule has 2 rings (SSSR count). The van der Waals surface area contributed by atoms with Crippen LogP contribution in [0.3, 0.4) is 0 Å². The van der Waals surface area contributed by atoms with E-state index in [2.05, 4.69) is 5.10 Å². The first-order chi connectivity index (χ1) is 11.0. The first kappa shape index (κ1) is 18.4. The van der Waals surface area contributed by atoms with Crippen molar-refractivity contribution >= 4 is 27.3 Å². The van der Waals surface area contributed by atoms with E-state index in [9.17, 15) is 26.4 Å². The lowest BCUT2D eigenvalue weighted by Crippen LogP contribution is -2.30. The quantitative estimate of drug-likeness (QED) is 0.820. The van der Waals surface area contributed by atoms with Gasteiger partial charge in [0.15, 0.2) is 0 Å². The third kappa shape index (κ3) is 3.94. The van der Waals surface area contributed by atoms with Gasteiger partial charge in [0, 0.05) is 26.0 Å². The highest BCUT2D eigenvalue weighted by atomic mass is 32.2. The Kier molecular flexibility index (Phi) is 5.01. The summed E-state index contributed by atoms with van der Waals surface area (Å²) in [4.78, 5) is 11.5. The van der Waals surface area contributed by atoms with Crippen molar-refractivity contribution in [2.24, 2.45) is 5.73 Å². The molecule has 12 heteroatoms. The molecule has 0 saturated carbocycles. The number of nitrogens with two attached hydrogens (primary N) is 1. The third-order valence-electron chi connectivity index (χ3n) is 3.04. The standard InChI is InChI=1S/C12H13F3N4O3S2/c1-18(6-3-12(13,14)15)24(21,22)9-7-8(10(16)20)11(23-9)19-5-2-4-17-19/h2,4-5,7H,3,6H2,1H3,(H2,16,20). The van der Waals surface area contributed by atoms with Crippen molar-refractivity contribution in [3.05, 3.63) is 30.1 Å². The van der Waals surface area contributed by atoms with Crippen molar-refractivity contribution in [1.29, 1.82) is 0 Å². The molecule has 1 amide bonds. The van der Waals surface area contributed by atoms with Crippen LogP contribution in [0.2, 0.25) is 0 Å². The average Bonchev–Trinajstić information content (AvgIpc) is 3.11. The molecule has 2 aromatic heterocycles. The molecule has 0 aliphatic rings. The largest absolute Gasteiger partial charge is 0.390 e. The van der Waals surface area contributed by atoms with Gasteiger partial charge in [-0.25, -0.2) is 13.1 Å². The number of rotatable bonds is 6. The zero-order chi connectivity index (χ0) is 18.1. The average molecular weight is 382 g/mol. The van der Waals surface area contributed by atoms with Crippen molar-refractivity contribution in [2.45, 2.75) is 16.8 Å². The van der Waals surface area contributed by atoms with Crippen molar-refractivity contribution in [3.8, 4) is 5.00 Å². The van der Waals surface area contributed by atoms with Crippen LogP contribution < -0.4 is 5.73 Å². The summed E-state index contributed by atoms with van der Waals surface area (Å²) in [5, 5.41) is 4.08. The van der Waals surface area contributed by atoms with Crippen LogP contribution in [0.5, 0.6) is 0 Å². The molecule has 0 atom stereocenters. The lowest BCUT2D eigenvalue weighted by atomic mass is 10.3. The van der Waals surface area contributed by atoms with E-state index in [1.54, 1.807) is 6.07 Å². The first-order valence-corrected chi connectivity index (χ1v) is 8.75. The molecular weight excluding hydrogens is 369 g/mol. The van der Waals surface area contributed by atoms with Gasteiger partial charge in [-0.3, -0.25) is 4.79 Å². The van der Waals surface area contributed by atoms with E-state index in [4.69, 9.17) is 5.73 Å². The fourth-order valence-electron chi connectivity index (χ4n) is 1.78. The Hall–Kier alpha value is -1.92. The van der Waals surface area contributed by atoms with Crippen molar-refractivity contribution in [3.63, 3.8) is 0 Å². The zero-order valence-electron chi connectivity index (χ0n) is 12.3. The van der Waals surface area contributed by atoms with Gasteiger partial charge in [-0.2, -0.15) is 22.6 Å². The Labute approximate surface area is 139 Å². The second-order valence-electron chi connectivity index (χ2n) is 4.79. The highest BCUT2D eigenvalue weighted by Gasteiger charge is 2.32. The number of alkyl halides is 3. The fourth-order valence-corrected chi connectivity index (χ4v) is 4.56. The molecule has 0 aliphatic heterocycles. The minimum absolute atomic E-state index is 0.0773. The molecule has 132 valence electrons. The van der Waals surface area contributed by atoms with Crippen LogP contribution in [0.1, 0.15) is 16.8 Å². The number of nitrogens with zero attached hydrogens (tertiary/aromatic N) is 3. The molecular formula is C12H13F3N4O3S2. The van der Waals surface area contributed by atoms with Gasteiger partial charge in [-0.1, -0.05) is 0 Å². The SMILES string of the molecule is CN(CCC(F)(F)F)S(=O)(=O)c1cc(C(N)=O)c(-n2cccn2)s1. The van der Waals surface area contributed by atoms with Crippen molar-refractivity contribution in [1.82, 2.24) is 14.1 Å². The summed E-state index contributed by atoms with van der Waals surface area (Å²) in [6.45, 7) is -0.729. The molecule has 2 aromatic rings. The van der Waals surface area contributed by atoms with E-state index in [-0.39, 0.29) is 14.8 Å². The van der Waals surface area contributed by atoms with Gasteiger partial charge in [-0.05, 0) is 12.1 Å². The highest BCUT2D eigenvalue weighted by molar-refractivity contribution is 7.91. The van der Waals surface area contributed by atoms with Crippen LogP contribution in [0.4, 0.5) is 13.2 Å². The minimum Gasteiger partial charge on any atom is -0.366 e. The number of carbonyl (C=O) groups is 1. The molecule has 2 N–H and O–H groups in total. The van der Waals surface area contributed by atoms with Crippen LogP contribution in [-0.4, -0.2) is 48.2 Å². The number of thiophene rings is 1. The van der Waals surface area contributed by atoms with E-state index >= 15 is 0 Å². The Morgan fingerprint density at radius 1 is 1.46 bits per heavy atom. The van der Waals surface area contributed by atoms with Crippen LogP contribution in [0, 0.1) is 0 Å². The van der Waals surface area contributed by atoms with Crippen LogP contribution in [0.15, 0.2) is 28.7 Å². The highest BCUT2D eigenvalue weighted by Crippen LogP contribution is 2.31. The molecule has 0 aromatic carbocycles. The van der Waals surface area contributed by atoms with Gasteiger partial charge in [0.2, 0.25) is 0 Å². The van der Waals surface area contributed by atoms with Crippen molar-refractivity contribution < 1.29 is 26.4 Å². The summed E-state index contributed by atoms with van der Waals surface area (Å²) in [6.07, 6.45) is -2.84. The van der Waals surface area contributed by atoms with Crippen molar-refractivity contribution in [2.75, 3.05) is 13.6 Å². The number of primary amides is 1. The van der Waals surface area contributed by atoms with Crippen LogP contribution >= 0.6 is 11.3 Å². The lowest BCUT2D eigenvalue weighted by molar-refractivity contribution is -0.135. The monoisotopic (exact) mass is 382 g/mol. The summed E-state index contributed by atoms with van der Waals surface area (Å²) < 4.78 is 63.2. The van der Waals surface area contributed by atoms with Gasteiger partial charge in [0.1, 0.15) is 9.21 Å². The molecule has 0 unspecified atom stereocenters. The molecule has 0 spiro atoms. The van der Waals surface area contributed by atoms with E-state index in [0.29, 0.717) is 15.6 Å². The molecule has 2 heterocycles. The smallest absolute Gasteiger partial charge is 0.366 e. The van der Waals surface area contributed by atoms with Gasteiger partial charge in [-0.15, -0.1) is 11.3 Å². The Bertz CT molecular complexity index is 828. The number of hydrogen-bond acceptors (Lipinski definition) is 5. The Morgan fingerprint density at radius 3 is 2.62 bits per heavy atom. The predicted molar refractivity (Wildman–Crippen MR) is 80.4 cm³/mol. The number of aromatic nitrogens is 2. The number of halogens is 3. The third-order valence-corrected chi connectivity index (χ3v) is 6.47. The van der Waals surface area contributed by atoms with Gasteiger partial charge in [0.05, 0.1) is 12.0 Å². The van der Waals surface area contributed by atoms with E-state index < -0.39 is 35.1 Å². The van der Waals surface area contributed by atoms with Crippen LogP contribution in [0.25, 0.3) is 5.00 Å². The molecule has 0 aliphatic carbocycles. The number of hydrogen-bond donors (Lipinski definition) is 1. The maximum Gasteiger partial charge on any atom is 0.390 e. The second kappa shape index (κ2) is 6.53. The van der Waals surface area contributed by atoms with Gasteiger partial charge >= 0.3 is 6.18 Å². The van der Waals surface area contributed by atoms with E-state index in [0.717, 1.165) is 13.1 Å². The number of amides is 1. The minimum atomic E-state index is -4.47. The molecule has 0 fully saturated rings. The normalized spacial score (nSPS) is 12.7. The molecule has 7 nitrogen and oxygen atoms in total. The van der Waals surface area contributed by atoms with Gasteiger partial charge < -0.3 is 5.73 Å². The Balaban J connectivity index is 2.37. The second-order valence-corrected chi connectivity index (χ2v) is 8.09. The summed E-state index contributed by atoms with van der Waals surface area (Å²) in [6, 6.07) is 2.61. The van der Waals surface area contributed by atoms with Crippen LogP contribution in [-0.2, 0) is 10.0 Å². The molecule has 0 bridgehead atoms. The summed E-state index contributed by atoms with van der Waals surface area (Å²) in [5.41, 5.74) is 5.16.